The van der Waals surface area contributed by atoms with Crippen molar-refractivity contribution in [2.45, 2.75) is 76.5 Å². The van der Waals surface area contributed by atoms with E-state index in [1.165, 1.54) is 44.9 Å². The number of aliphatic hydroxyl groups is 1. The lowest BCUT2D eigenvalue weighted by Gasteiger charge is -2.24. The average Bonchev–Trinajstić information content (AvgIpc) is 2.48. The predicted octanol–water partition coefficient (Wildman–Crippen LogP) is 2.46. The van der Waals surface area contributed by atoms with Gasteiger partial charge in [0.15, 0.2) is 0 Å². The third kappa shape index (κ3) is 3.18. The van der Waals surface area contributed by atoms with Crippen LogP contribution < -0.4 is 5.32 Å². The van der Waals surface area contributed by atoms with E-state index in [-0.39, 0.29) is 6.10 Å². The maximum Gasteiger partial charge on any atom is 0.0693 e. The van der Waals surface area contributed by atoms with Crippen LogP contribution in [0, 0.1) is 5.92 Å². The molecule has 0 radical (unpaired) electrons. The van der Waals surface area contributed by atoms with Crippen molar-refractivity contribution in [1.29, 1.82) is 0 Å². The molecule has 2 rings (SSSR count). The van der Waals surface area contributed by atoms with Crippen molar-refractivity contribution in [3.8, 4) is 0 Å². The summed E-state index contributed by atoms with van der Waals surface area (Å²) >= 11 is 0. The lowest BCUT2D eigenvalue weighted by Crippen LogP contribution is -2.42. The van der Waals surface area contributed by atoms with Crippen molar-refractivity contribution < 1.29 is 5.11 Å². The van der Waals surface area contributed by atoms with Gasteiger partial charge in [-0.1, -0.05) is 19.8 Å². The third-order valence-corrected chi connectivity index (χ3v) is 4.19. The van der Waals surface area contributed by atoms with Gasteiger partial charge in [-0.25, -0.2) is 0 Å². The summed E-state index contributed by atoms with van der Waals surface area (Å²) in [6.07, 6.45) is 10.0. The Kier molecular flexibility index (Phi) is 4.04. The minimum Gasteiger partial charge on any atom is -0.392 e. The van der Waals surface area contributed by atoms with Gasteiger partial charge in [-0.05, 0) is 44.4 Å². The molecular formula is C13H25NO. The first kappa shape index (κ1) is 11.4. The summed E-state index contributed by atoms with van der Waals surface area (Å²) in [5.74, 6) is 0.908. The summed E-state index contributed by atoms with van der Waals surface area (Å²) in [5, 5.41) is 13.5. The topological polar surface area (TPSA) is 32.3 Å². The van der Waals surface area contributed by atoms with E-state index in [1.54, 1.807) is 0 Å². The molecule has 2 fully saturated rings. The Balaban J connectivity index is 1.78. The minimum atomic E-state index is -0.0781. The molecule has 2 aliphatic rings. The molecule has 2 unspecified atom stereocenters. The van der Waals surface area contributed by atoms with Gasteiger partial charge in [0.05, 0.1) is 6.10 Å². The molecule has 2 saturated carbocycles. The predicted molar refractivity (Wildman–Crippen MR) is 62.8 cm³/mol. The number of rotatable bonds is 2. The summed E-state index contributed by atoms with van der Waals surface area (Å²) in [4.78, 5) is 0. The minimum absolute atomic E-state index is 0.0781. The fourth-order valence-corrected chi connectivity index (χ4v) is 3.09. The van der Waals surface area contributed by atoms with Crippen LogP contribution in [0.5, 0.6) is 0 Å². The second-order valence-corrected chi connectivity index (χ2v) is 5.58. The molecule has 0 aromatic rings. The van der Waals surface area contributed by atoms with E-state index in [4.69, 9.17) is 0 Å². The van der Waals surface area contributed by atoms with Crippen LogP contribution in [0.3, 0.4) is 0 Å². The average molecular weight is 211 g/mol. The van der Waals surface area contributed by atoms with Crippen molar-refractivity contribution in [2.24, 2.45) is 5.92 Å². The van der Waals surface area contributed by atoms with Crippen LogP contribution in [0.25, 0.3) is 0 Å². The van der Waals surface area contributed by atoms with Crippen molar-refractivity contribution in [3.05, 3.63) is 0 Å². The molecule has 0 saturated heterocycles. The van der Waals surface area contributed by atoms with Crippen LogP contribution in [-0.4, -0.2) is 23.3 Å². The highest BCUT2D eigenvalue weighted by Crippen LogP contribution is 2.25. The normalized spacial score (nSPS) is 42.8. The zero-order valence-corrected chi connectivity index (χ0v) is 9.91. The molecule has 2 N–H and O–H groups in total. The summed E-state index contributed by atoms with van der Waals surface area (Å²) in [5.41, 5.74) is 0. The van der Waals surface area contributed by atoms with Crippen LogP contribution >= 0.6 is 0 Å². The second kappa shape index (κ2) is 5.31. The Morgan fingerprint density at radius 2 is 1.73 bits per heavy atom. The number of hydrogen-bond acceptors (Lipinski definition) is 2. The van der Waals surface area contributed by atoms with E-state index < -0.39 is 0 Å². The Hall–Kier alpha value is -0.0800. The number of nitrogens with one attached hydrogen (secondary N) is 1. The third-order valence-electron chi connectivity index (χ3n) is 4.19. The van der Waals surface area contributed by atoms with Gasteiger partial charge in [-0.15, -0.1) is 0 Å². The van der Waals surface area contributed by atoms with E-state index >= 15 is 0 Å². The molecule has 0 heterocycles. The largest absolute Gasteiger partial charge is 0.392 e. The first-order chi connectivity index (χ1) is 7.25. The maximum atomic E-state index is 9.78. The van der Waals surface area contributed by atoms with Gasteiger partial charge in [-0.2, -0.15) is 0 Å². The van der Waals surface area contributed by atoms with E-state index in [1.807, 2.05) is 0 Å². The fraction of sp³-hybridized carbons (Fsp3) is 1.00. The summed E-state index contributed by atoms with van der Waals surface area (Å²) in [6, 6.07) is 1.07. The Morgan fingerprint density at radius 1 is 0.933 bits per heavy atom. The molecule has 4 atom stereocenters. The quantitative estimate of drug-likeness (QED) is 0.688. The molecule has 2 aliphatic carbocycles. The van der Waals surface area contributed by atoms with Gasteiger partial charge in [0, 0.05) is 12.1 Å². The fourth-order valence-electron chi connectivity index (χ4n) is 3.09. The highest BCUT2D eigenvalue weighted by molar-refractivity contribution is 4.86. The molecule has 2 heteroatoms. The first-order valence-corrected chi connectivity index (χ1v) is 6.70. The van der Waals surface area contributed by atoms with Crippen molar-refractivity contribution in [3.63, 3.8) is 0 Å². The highest BCUT2D eigenvalue weighted by Gasteiger charge is 2.27. The number of hydrogen-bond donors (Lipinski definition) is 2. The van der Waals surface area contributed by atoms with Gasteiger partial charge in [-0.3, -0.25) is 0 Å². The maximum absolute atomic E-state index is 9.78. The Labute approximate surface area is 93.5 Å². The molecule has 0 aromatic carbocycles. The van der Waals surface area contributed by atoms with Crippen molar-refractivity contribution >= 4 is 0 Å². The van der Waals surface area contributed by atoms with E-state index in [0.29, 0.717) is 12.1 Å². The van der Waals surface area contributed by atoms with E-state index in [9.17, 15) is 5.11 Å². The first-order valence-electron chi connectivity index (χ1n) is 6.70. The van der Waals surface area contributed by atoms with Crippen molar-refractivity contribution in [2.75, 3.05) is 0 Å². The van der Waals surface area contributed by atoms with Crippen molar-refractivity contribution in [1.82, 2.24) is 5.32 Å². The SMILES string of the molecule is CC1CCCC(N[C@H]2CCC[C@@H]2O)CC1. The molecule has 0 spiro atoms. The number of aliphatic hydroxyl groups excluding tert-OH is 1. The zero-order valence-electron chi connectivity index (χ0n) is 9.91. The van der Waals surface area contributed by atoms with Crippen LogP contribution in [0.1, 0.15) is 58.3 Å². The summed E-state index contributed by atoms with van der Waals surface area (Å²) < 4.78 is 0. The smallest absolute Gasteiger partial charge is 0.0693 e. The lowest BCUT2D eigenvalue weighted by molar-refractivity contribution is 0.141. The molecule has 88 valence electrons. The Morgan fingerprint density at radius 3 is 2.47 bits per heavy atom. The monoisotopic (exact) mass is 211 g/mol. The van der Waals surface area contributed by atoms with Gasteiger partial charge < -0.3 is 10.4 Å². The second-order valence-electron chi connectivity index (χ2n) is 5.58. The summed E-state index contributed by atoms with van der Waals surface area (Å²) in [7, 11) is 0. The zero-order chi connectivity index (χ0) is 10.7. The summed E-state index contributed by atoms with van der Waals surface area (Å²) in [6.45, 7) is 2.37. The van der Waals surface area contributed by atoms with Gasteiger partial charge in [0.2, 0.25) is 0 Å². The van der Waals surface area contributed by atoms with E-state index in [2.05, 4.69) is 12.2 Å². The molecule has 0 bridgehead atoms. The molecule has 15 heavy (non-hydrogen) atoms. The molecule has 0 aliphatic heterocycles. The molecule has 0 amide bonds. The molecule has 0 aromatic heterocycles. The van der Waals surface area contributed by atoms with E-state index in [0.717, 1.165) is 12.3 Å². The van der Waals surface area contributed by atoms with Crippen LogP contribution in [-0.2, 0) is 0 Å². The van der Waals surface area contributed by atoms with Crippen LogP contribution in [0.2, 0.25) is 0 Å². The van der Waals surface area contributed by atoms with Gasteiger partial charge >= 0.3 is 0 Å². The molecule has 2 nitrogen and oxygen atoms in total. The standard InChI is InChI=1S/C13H25NO/c1-10-4-2-5-11(9-8-10)14-12-6-3-7-13(12)15/h10-15H,2-9H2,1H3/t10?,11?,12-,13-/m0/s1. The van der Waals surface area contributed by atoms with Gasteiger partial charge in [0.25, 0.3) is 0 Å². The van der Waals surface area contributed by atoms with Gasteiger partial charge in [0.1, 0.15) is 0 Å². The highest BCUT2D eigenvalue weighted by atomic mass is 16.3. The van der Waals surface area contributed by atoms with Crippen LogP contribution in [0.4, 0.5) is 0 Å². The van der Waals surface area contributed by atoms with Crippen LogP contribution in [0.15, 0.2) is 0 Å². The molecular weight excluding hydrogens is 186 g/mol. The lowest BCUT2D eigenvalue weighted by atomic mass is 10.0. The Bertz CT molecular complexity index is 195.